The van der Waals surface area contributed by atoms with Crippen LogP contribution < -0.4 is 5.32 Å². The highest BCUT2D eigenvalue weighted by molar-refractivity contribution is 7.13. The average Bonchev–Trinajstić information content (AvgIpc) is 2.88. The number of thiazole rings is 1. The Labute approximate surface area is 122 Å². The van der Waals surface area contributed by atoms with Crippen LogP contribution >= 0.6 is 11.3 Å². The van der Waals surface area contributed by atoms with Crippen molar-refractivity contribution in [2.24, 2.45) is 0 Å². The Morgan fingerprint density at radius 2 is 2.15 bits per heavy atom. The van der Waals surface area contributed by atoms with Crippen LogP contribution in [0.4, 0.5) is 10.9 Å². The van der Waals surface area contributed by atoms with E-state index >= 15 is 0 Å². The van der Waals surface area contributed by atoms with Gasteiger partial charge in [0.05, 0.1) is 12.1 Å². The molecule has 0 aliphatic rings. The van der Waals surface area contributed by atoms with E-state index in [4.69, 9.17) is 0 Å². The summed E-state index contributed by atoms with van der Waals surface area (Å²) in [7, 11) is 0. The van der Waals surface area contributed by atoms with E-state index in [-0.39, 0.29) is 5.91 Å². The molecule has 1 N–H and O–H groups in total. The number of amides is 1. The molecule has 0 radical (unpaired) electrons. The molecule has 0 fully saturated rings. The molecule has 0 spiro atoms. The Hall–Kier alpha value is -1.95. The number of hydrogen-bond donors (Lipinski definition) is 1. The first-order chi connectivity index (χ1) is 9.72. The number of aromatic nitrogens is 2. The van der Waals surface area contributed by atoms with Gasteiger partial charge in [0.15, 0.2) is 5.13 Å². The highest BCUT2D eigenvalue weighted by Crippen LogP contribution is 2.19. The fourth-order valence-electron chi connectivity index (χ4n) is 1.83. The maximum Gasteiger partial charge on any atom is 0.228 e. The molecule has 2 aromatic heterocycles. The standard InChI is InChI=1S/C14H18N4OS/c1-3-18(4-2)13(19)9-11-10-20-14(16-11)17-12-7-5-6-8-15-12/h5-8,10H,3-4,9H2,1-2H3,(H,15,16,17). The molecule has 106 valence electrons. The van der Waals surface area contributed by atoms with E-state index in [0.717, 1.165) is 29.7 Å². The second kappa shape index (κ2) is 7.00. The van der Waals surface area contributed by atoms with Gasteiger partial charge in [0, 0.05) is 24.7 Å². The van der Waals surface area contributed by atoms with Crippen LogP contribution in [-0.4, -0.2) is 33.9 Å². The van der Waals surface area contributed by atoms with E-state index < -0.39 is 0 Å². The molecule has 0 bridgehead atoms. The van der Waals surface area contributed by atoms with E-state index in [1.807, 2.05) is 42.3 Å². The third-order valence-corrected chi connectivity index (χ3v) is 3.71. The van der Waals surface area contributed by atoms with Crippen molar-refractivity contribution in [3.05, 3.63) is 35.5 Å². The van der Waals surface area contributed by atoms with Gasteiger partial charge in [-0.05, 0) is 26.0 Å². The second-order valence-electron chi connectivity index (χ2n) is 4.23. The summed E-state index contributed by atoms with van der Waals surface area (Å²) < 4.78 is 0. The quantitative estimate of drug-likeness (QED) is 0.888. The Balaban J connectivity index is 1.97. The van der Waals surface area contributed by atoms with Crippen LogP contribution in [0.5, 0.6) is 0 Å². The van der Waals surface area contributed by atoms with Gasteiger partial charge in [-0.2, -0.15) is 0 Å². The molecule has 2 aromatic rings. The maximum absolute atomic E-state index is 12.0. The Morgan fingerprint density at radius 1 is 1.35 bits per heavy atom. The highest BCUT2D eigenvalue weighted by atomic mass is 32.1. The summed E-state index contributed by atoms with van der Waals surface area (Å²) in [5.41, 5.74) is 0.797. The van der Waals surface area contributed by atoms with Crippen molar-refractivity contribution >= 4 is 28.2 Å². The van der Waals surface area contributed by atoms with E-state index in [0.29, 0.717) is 6.42 Å². The van der Waals surface area contributed by atoms with Crippen LogP contribution in [0, 0.1) is 0 Å². The summed E-state index contributed by atoms with van der Waals surface area (Å²) in [6.07, 6.45) is 2.07. The number of hydrogen-bond acceptors (Lipinski definition) is 5. The molecule has 0 unspecified atom stereocenters. The molecular weight excluding hydrogens is 272 g/mol. The average molecular weight is 290 g/mol. The van der Waals surface area contributed by atoms with Crippen molar-refractivity contribution in [1.29, 1.82) is 0 Å². The lowest BCUT2D eigenvalue weighted by molar-refractivity contribution is -0.130. The normalized spacial score (nSPS) is 10.3. The number of anilines is 2. The Bertz CT molecular complexity index is 551. The first-order valence-corrected chi connectivity index (χ1v) is 7.51. The molecule has 6 heteroatoms. The molecule has 0 atom stereocenters. The van der Waals surface area contributed by atoms with Crippen LogP contribution in [0.15, 0.2) is 29.8 Å². The van der Waals surface area contributed by atoms with Crippen LogP contribution in [0.25, 0.3) is 0 Å². The minimum atomic E-state index is 0.115. The predicted molar refractivity (Wildman–Crippen MR) is 81.3 cm³/mol. The van der Waals surface area contributed by atoms with Crippen LogP contribution in [0.2, 0.25) is 0 Å². The van der Waals surface area contributed by atoms with Gasteiger partial charge in [-0.1, -0.05) is 6.07 Å². The monoisotopic (exact) mass is 290 g/mol. The molecule has 2 rings (SSSR count). The molecule has 2 heterocycles. The van der Waals surface area contributed by atoms with Gasteiger partial charge in [-0.15, -0.1) is 11.3 Å². The van der Waals surface area contributed by atoms with Crippen molar-refractivity contribution in [3.8, 4) is 0 Å². The van der Waals surface area contributed by atoms with Gasteiger partial charge in [-0.3, -0.25) is 4.79 Å². The van der Waals surface area contributed by atoms with Gasteiger partial charge >= 0.3 is 0 Å². The van der Waals surface area contributed by atoms with Gasteiger partial charge in [0.1, 0.15) is 5.82 Å². The molecule has 1 amide bonds. The fourth-order valence-corrected chi connectivity index (χ4v) is 2.55. The van der Waals surface area contributed by atoms with Gasteiger partial charge in [0.2, 0.25) is 5.91 Å². The largest absolute Gasteiger partial charge is 0.343 e. The highest BCUT2D eigenvalue weighted by Gasteiger charge is 2.12. The first kappa shape index (κ1) is 14.5. The van der Waals surface area contributed by atoms with Crippen molar-refractivity contribution in [2.45, 2.75) is 20.3 Å². The molecule has 0 saturated heterocycles. The second-order valence-corrected chi connectivity index (χ2v) is 5.08. The van der Waals surface area contributed by atoms with E-state index in [2.05, 4.69) is 15.3 Å². The maximum atomic E-state index is 12.0. The number of pyridine rings is 1. The topological polar surface area (TPSA) is 58.1 Å². The van der Waals surface area contributed by atoms with Crippen molar-refractivity contribution in [1.82, 2.24) is 14.9 Å². The number of carbonyl (C=O) groups excluding carboxylic acids is 1. The number of likely N-dealkylation sites (N-methyl/N-ethyl adjacent to an activating group) is 1. The first-order valence-electron chi connectivity index (χ1n) is 6.63. The minimum absolute atomic E-state index is 0.115. The lowest BCUT2D eigenvalue weighted by atomic mass is 10.3. The molecular formula is C14H18N4OS. The third-order valence-electron chi connectivity index (χ3n) is 2.90. The van der Waals surface area contributed by atoms with Gasteiger partial charge in [0.25, 0.3) is 0 Å². The summed E-state index contributed by atoms with van der Waals surface area (Å²) in [6.45, 7) is 5.43. The molecule has 0 saturated carbocycles. The van der Waals surface area contributed by atoms with Crippen molar-refractivity contribution in [3.63, 3.8) is 0 Å². The lowest BCUT2D eigenvalue weighted by Crippen LogP contribution is -2.31. The summed E-state index contributed by atoms with van der Waals surface area (Å²) in [4.78, 5) is 22.4. The molecule has 5 nitrogen and oxygen atoms in total. The van der Waals surface area contributed by atoms with Crippen molar-refractivity contribution < 1.29 is 4.79 Å². The van der Waals surface area contributed by atoms with Crippen molar-refractivity contribution in [2.75, 3.05) is 18.4 Å². The molecule has 0 aliphatic heterocycles. The third kappa shape index (κ3) is 3.77. The molecule has 0 aromatic carbocycles. The zero-order valence-corrected chi connectivity index (χ0v) is 12.5. The fraction of sp³-hybridized carbons (Fsp3) is 0.357. The van der Waals surface area contributed by atoms with E-state index in [1.54, 1.807) is 6.20 Å². The summed E-state index contributed by atoms with van der Waals surface area (Å²) in [5.74, 6) is 0.869. The Kier molecular flexibility index (Phi) is 5.06. The Morgan fingerprint density at radius 3 is 2.80 bits per heavy atom. The van der Waals surface area contributed by atoms with Crippen LogP contribution in [0.1, 0.15) is 19.5 Å². The van der Waals surface area contributed by atoms with E-state index in [9.17, 15) is 4.79 Å². The smallest absolute Gasteiger partial charge is 0.228 e. The number of rotatable bonds is 6. The molecule has 20 heavy (non-hydrogen) atoms. The van der Waals surface area contributed by atoms with E-state index in [1.165, 1.54) is 11.3 Å². The SMILES string of the molecule is CCN(CC)C(=O)Cc1csc(Nc2ccccn2)n1. The summed E-state index contributed by atoms with van der Waals surface area (Å²) in [6, 6.07) is 5.65. The summed E-state index contributed by atoms with van der Waals surface area (Å²) >= 11 is 1.48. The number of nitrogens with zero attached hydrogens (tertiary/aromatic N) is 3. The van der Waals surface area contributed by atoms with Gasteiger partial charge in [-0.25, -0.2) is 9.97 Å². The lowest BCUT2D eigenvalue weighted by Gasteiger charge is -2.17. The van der Waals surface area contributed by atoms with Crippen LogP contribution in [0.3, 0.4) is 0 Å². The number of nitrogens with one attached hydrogen (secondary N) is 1. The zero-order valence-electron chi connectivity index (χ0n) is 11.7. The van der Waals surface area contributed by atoms with Gasteiger partial charge < -0.3 is 10.2 Å². The minimum Gasteiger partial charge on any atom is -0.343 e. The zero-order chi connectivity index (χ0) is 14.4. The predicted octanol–water partition coefficient (Wildman–Crippen LogP) is 2.69. The van der Waals surface area contributed by atoms with Crippen LogP contribution in [-0.2, 0) is 11.2 Å². The molecule has 0 aliphatic carbocycles. The number of carbonyl (C=O) groups is 1. The summed E-state index contributed by atoms with van der Waals surface area (Å²) in [5, 5.41) is 5.79.